The van der Waals surface area contributed by atoms with Crippen molar-refractivity contribution >= 4 is 11.7 Å². The molecule has 3 aromatic carbocycles. The maximum atomic E-state index is 12.8. The highest BCUT2D eigenvalue weighted by molar-refractivity contribution is 6.10. The van der Waals surface area contributed by atoms with E-state index < -0.39 is 5.91 Å². The van der Waals surface area contributed by atoms with Gasteiger partial charge in [0.2, 0.25) is 5.91 Å². The third-order valence-corrected chi connectivity index (χ3v) is 4.33. The van der Waals surface area contributed by atoms with E-state index >= 15 is 0 Å². The maximum absolute atomic E-state index is 12.8. The zero-order valence-corrected chi connectivity index (χ0v) is 14.2. The standard InChI is InChI=1S/C22H19NO2/c1-14-13-20(21(24)16-8-4-3-5-9-16)15(2)12-19(14)17-10-6-7-11-18(17)22(23)25/h3-13H,1-2H3,(H2,23,25). The smallest absolute Gasteiger partial charge is 0.249 e. The minimum absolute atomic E-state index is 0.00376. The molecule has 3 nitrogen and oxygen atoms in total. The predicted octanol–water partition coefficient (Wildman–Crippen LogP) is 4.30. The normalized spacial score (nSPS) is 10.5. The van der Waals surface area contributed by atoms with E-state index in [1.807, 2.05) is 68.4 Å². The molecule has 0 heterocycles. The van der Waals surface area contributed by atoms with Gasteiger partial charge in [0, 0.05) is 16.7 Å². The van der Waals surface area contributed by atoms with Gasteiger partial charge in [-0.2, -0.15) is 0 Å². The number of benzene rings is 3. The van der Waals surface area contributed by atoms with Gasteiger partial charge in [-0.05, 0) is 48.2 Å². The average molecular weight is 329 g/mol. The predicted molar refractivity (Wildman–Crippen MR) is 99.7 cm³/mol. The molecule has 3 rings (SSSR count). The number of amides is 1. The van der Waals surface area contributed by atoms with Crippen molar-refractivity contribution in [1.82, 2.24) is 0 Å². The average Bonchev–Trinajstić information content (AvgIpc) is 2.63. The van der Waals surface area contributed by atoms with Crippen LogP contribution in [0, 0.1) is 13.8 Å². The molecular formula is C22H19NO2. The fraction of sp³-hybridized carbons (Fsp3) is 0.0909. The Morgan fingerprint density at radius 2 is 1.36 bits per heavy atom. The summed E-state index contributed by atoms with van der Waals surface area (Å²) in [5, 5.41) is 0. The topological polar surface area (TPSA) is 60.2 Å². The van der Waals surface area contributed by atoms with Crippen molar-refractivity contribution in [2.75, 3.05) is 0 Å². The third-order valence-electron chi connectivity index (χ3n) is 4.33. The van der Waals surface area contributed by atoms with Crippen molar-refractivity contribution < 1.29 is 9.59 Å². The van der Waals surface area contributed by atoms with Crippen molar-refractivity contribution in [2.45, 2.75) is 13.8 Å². The van der Waals surface area contributed by atoms with Gasteiger partial charge >= 0.3 is 0 Å². The van der Waals surface area contributed by atoms with Crippen LogP contribution in [0.5, 0.6) is 0 Å². The van der Waals surface area contributed by atoms with E-state index in [9.17, 15) is 9.59 Å². The Morgan fingerprint density at radius 3 is 2.04 bits per heavy atom. The number of carbonyl (C=O) groups excluding carboxylic acids is 2. The Labute approximate surface area is 147 Å². The van der Waals surface area contributed by atoms with E-state index in [2.05, 4.69) is 0 Å². The second kappa shape index (κ2) is 6.73. The summed E-state index contributed by atoms with van der Waals surface area (Å²) in [6.45, 7) is 3.85. The van der Waals surface area contributed by atoms with E-state index in [0.717, 1.165) is 22.3 Å². The molecule has 0 aliphatic carbocycles. The van der Waals surface area contributed by atoms with Crippen molar-refractivity contribution in [3.8, 4) is 11.1 Å². The summed E-state index contributed by atoms with van der Waals surface area (Å²) in [7, 11) is 0. The highest BCUT2D eigenvalue weighted by Gasteiger charge is 2.16. The summed E-state index contributed by atoms with van der Waals surface area (Å²) in [6, 6.07) is 20.3. The van der Waals surface area contributed by atoms with Gasteiger partial charge in [-0.1, -0.05) is 54.6 Å². The summed E-state index contributed by atoms with van der Waals surface area (Å²) in [5.74, 6) is -0.465. The maximum Gasteiger partial charge on any atom is 0.249 e. The van der Waals surface area contributed by atoms with Crippen LogP contribution in [0.3, 0.4) is 0 Å². The quantitative estimate of drug-likeness (QED) is 0.725. The number of ketones is 1. The molecule has 0 aliphatic heterocycles. The second-order valence-corrected chi connectivity index (χ2v) is 6.09. The van der Waals surface area contributed by atoms with Crippen molar-refractivity contribution in [3.05, 3.63) is 94.5 Å². The molecule has 0 saturated heterocycles. The van der Waals surface area contributed by atoms with Crippen LogP contribution in [0.4, 0.5) is 0 Å². The third kappa shape index (κ3) is 3.22. The van der Waals surface area contributed by atoms with E-state index in [1.54, 1.807) is 12.1 Å². The van der Waals surface area contributed by atoms with E-state index in [1.165, 1.54) is 0 Å². The number of nitrogens with two attached hydrogens (primary N) is 1. The molecule has 0 atom stereocenters. The van der Waals surface area contributed by atoms with Crippen LogP contribution in [0.15, 0.2) is 66.7 Å². The Bertz CT molecular complexity index is 959. The van der Waals surface area contributed by atoms with Crippen molar-refractivity contribution in [2.24, 2.45) is 5.73 Å². The molecule has 0 saturated carbocycles. The summed E-state index contributed by atoms with van der Waals surface area (Å²) >= 11 is 0. The fourth-order valence-electron chi connectivity index (χ4n) is 3.03. The minimum Gasteiger partial charge on any atom is -0.366 e. The fourth-order valence-corrected chi connectivity index (χ4v) is 3.03. The number of aryl methyl sites for hydroxylation is 2. The first-order valence-electron chi connectivity index (χ1n) is 8.09. The van der Waals surface area contributed by atoms with Crippen LogP contribution in [0.2, 0.25) is 0 Å². The van der Waals surface area contributed by atoms with Crippen LogP contribution in [0.1, 0.15) is 37.4 Å². The molecule has 2 N–H and O–H groups in total. The summed E-state index contributed by atoms with van der Waals surface area (Å²) < 4.78 is 0. The summed E-state index contributed by atoms with van der Waals surface area (Å²) in [6.07, 6.45) is 0. The highest BCUT2D eigenvalue weighted by atomic mass is 16.1. The molecule has 0 aromatic heterocycles. The molecule has 0 unspecified atom stereocenters. The van der Waals surface area contributed by atoms with Gasteiger partial charge in [0.25, 0.3) is 0 Å². The number of carbonyl (C=O) groups is 2. The first-order valence-corrected chi connectivity index (χ1v) is 8.09. The zero-order valence-electron chi connectivity index (χ0n) is 14.2. The monoisotopic (exact) mass is 329 g/mol. The molecule has 25 heavy (non-hydrogen) atoms. The minimum atomic E-state index is -0.461. The number of hydrogen-bond donors (Lipinski definition) is 1. The lowest BCUT2D eigenvalue weighted by molar-refractivity contribution is 0.0999. The van der Waals surface area contributed by atoms with Crippen LogP contribution in [-0.2, 0) is 0 Å². The second-order valence-electron chi connectivity index (χ2n) is 6.09. The van der Waals surface area contributed by atoms with Crippen LogP contribution in [0.25, 0.3) is 11.1 Å². The van der Waals surface area contributed by atoms with Gasteiger partial charge in [-0.25, -0.2) is 0 Å². The molecule has 0 bridgehead atoms. The number of hydrogen-bond acceptors (Lipinski definition) is 2. The molecule has 0 radical (unpaired) electrons. The lowest BCUT2D eigenvalue weighted by Crippen LogP contribution is -2.12. The van der Waals surface area contributed by atoms with Crippen molar-refractivity contribution in [3.63, 3.8) is 0 Å². The van der Waals surface area contributed by atoms with Crippen molar-refractivity contribution in [1.29, 1.82) is 0 Å². The summed E-state index contributed by atoms with van der Waals surface area (Å²) in [4.78, 5) is 24.5. The van der Waals surface area contributed by atoms with E-state index in [4.69, 9.17) is 5.73 Å². The first kappa shape index (κ1) is 16.7. The first-order chi connectivity index (χ1) is 12.0. The van der Waals surface area contributed by atoms with Crippen LogP contribution in [-0.4, -0.2) is 11.7 Å². The Kier molecular flexibility index (Phi) is 4.48. The van der Waals surface area contributed by atoms with Gasteiger partial charge < -0.3 is 5.73 Å². The Morgan fingerprint density at radius 1 is 0.720 bits per heavy atom. The van der Waals surface area contributed by atoms with Gasteiger partial charge in [0.05, 0.1) is 0 Å². The van der Waals surface area contributed by atoms with Gasteiger partial charge in [-0.3, -0.25) is 9.59 Å². The number of rotatable bonds is 4. The van der Waals surface area contributed by atoms with Crippen LogP contribution < -0.4 is 5.73 Å². The van der Waals surface area contributed by atoms with Gasteiger partial charge in [-0.15, -0.1) is 0 Å². The van der Waals surface area contributed by atoms with E-state index in [-0.39, 0.29) is 5.78 Å². The van der Waals surface area contributed by atoms with E-state index in [0.29, 0.717) is 16.7 Å². The SMILES string of the molecule is Cc1cc(-c2ccccc2C(N)=O)c(C)cc1C(=O)c1ccccc1. The number of primary amides is 1. The van der Waals surface area contributed by atoms with Gasteiger partial charge in [0.1, 0.15) is 0 Å². The molecule has 124 valence electrons. The highest BCUT2D eigenvalue weighted by Crippen LogP contribution is 2.30. The lowest BCUT2D eigenvalue weighted by Gasteiger charge is -2.14. The van der Waals surface area contributed by atoms with Crippen LogP contribution >= 0.6 is 0 Å². The zero-order chi connectivity index (χ0) is 18.0. The largest absolute Gasteiger partial charge is 0.366 e. The van der Waals surface area contributed by atoms with Gasteiger partial charge in [0.15, 0.2) is 5.78 Å². The molecule has 0 fully saturated rings. The molecular weight excluding hydrogens is 310 g/mol. The Balaban J connectivity index is 2.11. The molecule has 3 aromatic rings. The Hall–Kier alpha value is -3.20. The summed E-state index contributed by atoms with van der Waals surface area (Å²) in [5.41, 5.74) is 10.8. The molecule has 1 amide bonds. The molecule has 3 heteroatoms. The molecule has 0 spiro atoms. The lowest BCUT2D eigenvalue weighted by atomic mass is 9.89. The molecule has 0 aliphatic rings.